The molecule has 6 heteroatoms. The summed E-state index contributed by atoms with van der Waals surface area (Å²) in [6.45, 7) is 1.84. The van der Waals surface area contributed by atoms with Crippen LogP contribution in [0.1, 0.15) is 15.9 Å². The zero-order valence-electron chi connectivity index (χ0n) is 12.3. The van der Waals surface area contributed by atoms with Gasteiger partial charge in [0, 0.05) is 37.9 Å². The third-order valence-corrected chi connectivity index (χ3v) is 4.34. The number of nitrogens with zero attached hydrogens (tertiary/aromatic N) is 2. The first kappa shape index (κ1) is 14.6. The summed E-state index contributed by atoms with van der Waals surface area (Å²) < 4.78 is 0. The number of rotatable bonds is 4. The minimum atomic E-state index is -0.115. The van der Waals surface area contributed by atoms with Crippen molar-refractivity contribution in [1.29, 1.82) is 0 Å². The first-order valence-corrected chi connectivity index (χ1v) is 8.01. The Kier molecular flexibility index (Phi) is 4.11. The third kappa shape index (κ3) is 2.96. The first-order chi connectivity index (χ1) is 10.6. The Balaban J connectivity index is 1.76. The van der Waals surface area contributed by atoms with Crippen LogP contribution in [-0.2, 0) is 6.54 Å². The maximum absolute atomic E-state index is 12.5. The summed E-state index contributed by atoms with van der Waals surface area (Å²) in [7, 11) is 1.79. The number of urea groups is 1. The maximum Gasteiger partial charge on any atom is 0.321 e. The van der Waals surface area contributed by atoms with Gasteiger partial charge in [0.25, 0.3) is 5.91 Å². The van der Waals surface area contributed by atoms with Crippen LogP contribution in [0.25, 0.3) is 0 Å². The number of hydrogen-bond donors (Lipinski definition) is 1. The summed E-state index contributed by atoms with van der Waals surface area (Å²) >= 11 is 1.62. The van der Waals surface area contributed by atoms with Crippen LogP contribution in [0.4, 0.5) is 10.5 Å². The molecule has 0 saturated carbocycles. The van der Waals surface area contributed by atoms with Crippen molar-refractivity contribution in [3.8, 4) is 0 Å². The van der Waals surface area contributed by atoms with E-state index >= 15 is 0 Å². The number of carbonyl (C=O) groups is 2. The lowest BCUT2D eigenvalue weighted by Crippen LogP contribution is -2.29. The third-order valence-electron chi connectivity index (χ3n) is 3.61. The summed E-state index contributed by atoms with van der Waals surface area (Å²) in [5.74, 6) is -0.0485. The van der Waals surface area contributed by atoms with Gasteiger partial charge in [-0.05, 0) is 40.6 Å². The summed E-state index contributed by atoms with van der Waals surface area (Å²) in [6.07, 6.45) is 0. The van der Waals surface area contributed by atoms with Gasteiger partial charge in [-0.1, -0.05) is 6.07 Å². The monoisotopic (exact) mass is 315 g/mol. The number of thiophene rings is 1. The lowest BCUT2D eigenvalue weighted by molar-refractivity contribution is 0.0785. The molecule has 1 aromatic carbocycles. The van der Waals surface area contributed by atoms with Gasteiger partial charge in [0.1, 0.15) is 0 Å². The summed E-state index contributed by atoms with van der Waals surface area (Å²) in [5, 5.41) is 6.80. The molecule has 22 heavy (non-hydrogen) atoms. The molecule has 1 saturated heterocycles. The van der Waals surface area contributed by atoms with E-state index in [-0.39, 0.29) is 11.9 Å². The van der Waals surface area contributed by atoms with E-state index in [1.807, 2.05) is 29.0 Å². The van der Waals surface area contributed by atoms with E-state index in [0.717, 1.165) is 11.3 Å². The van der Waals surface area contributed by atoms with Crippen molar-refractivity contribution in [2.24, 2.45) is 0 Å². The molecule has 3 amide bonds. The molecule has 0 spiro atoms. The number of benzene rings is 1. The molecule has 5 nitrogen and oxygen atoms in total. The molecule has 3 rings (SSSR count). The smallest absolute Gasteiger partial charge is 0.321 e. The van der Waals surface area contributed by atoms with E-state index in [1.165, 1.54) is 0 Å². The first-order valence-electron chi connectivity index (χ1n) is 7.07. The van der Waals surface area contributed by atoms with Gasteiger partial charge in [0.15, 0.2) is 0 Å². The molecule has 1 aliphatic heterocycles. The van der Waals surface area contributed by atoms with Gasteiger partial charge in [0.05, 0.1) is 0 Å². The predicted molar refractivity (Wildman–Crippen MR) is 87.3 cm³/mol. The molecule has 114 valence electrons. The molecular formula is C16H17N3O2S. The van der Waals surface area contributed by atoms with Crippen molar-refractivity contribution in [1.82, 2.24) is 10.2 Å². The van der Waals surface area contributed by atoms with E-state index in [0.29, 0.717) is 25.2 Å². The fourth-order valence-electron chi connectivity index (χ4n) is 2.47. The second kappa shape index (κ2) is 6.19. The zero-order chi connectivity index (χ0) is 15.5. The van der Waals surface area contributed by atoms with Crippen LogP contribution in [0.3, 0.4) is 0 Å². The number of anilines is 1. The second-order valence-corrected chi connectivity index (χ2v) is 6.01. The average molecular weight is 315 g/mol. The molecule has 0 unspecified atom stereocenters. The van der Waals surface area contributed by atoms with Gasteiger partial charge in [0.2, 0.25) is 0 Å². The lowest BCUT2D eigenvalue weighted by atomic mass is 10.1. The Morgan fingerprint density at radius 3 is 2.95 bits per heavy atom. The fraction of sp³-hybridized carbons (Fsp3) is 0.250. The largest absolute Gasteiger partial charge is 0.337 e. The van der Waals surface area contributed by atoms with Crippen LogP contribution in [0, 0.1) is 0 Å². The Hall–Kier alpha value is -2.34. The molecule has 0 atom stereocenters. The van der Waals surface area contributed by atoms with Crippen molar-refractivity contribution in [3.63, 3.8) is 0 Å². The van der Waals surface area contributed by atoms with Crippen LogP contribution in [0.2, 0.25) is 0 Å². The van der Waals surface area contributed by atoms with Crippen LogP contribution >= 0.6 is 11.3 Å². The Morgan fingerprint density at radius 2 is 2.27 bits per heavy atom. The molecule has 1 aromatic heterocycles. The molecule has 1 N–H and O–H groups in total. The SMILES string of the molecule is CN(Cc1ccsc1)C(=O)c1cccc(N2CCNC2=O)c1. The number of hydrogen-bond acceptors (Lipinski definition) is 3. The van der Waals surface area contributed by atoms with Gasteiger partial charge in [-0.25, -0.2) is 4.79 Å². The van der Waals surface area contributed by atoms with E-state index in [4.69, 9.17) is 0 Å². The highest BCUT2D eigenvalue weighted by Gasteiger charge is 2.22. The molecule has 1 fully saturated rings. The quantitative estimate of drug-likeness (QED) is 0.943. The van der Waals surface area contributed by atoms with Gasteiger partial charge >= 0.3 is 6.03 Å². The second-order valence-electron chi connectivity index (χ2n) is 5.23. The molecule has 2 aromatic rings. The van der Waals surface area contributed by atoms with Crippen molar-refractivity contribution in [3.05, 3.63) is 52.2 Å². The van der Waals surface area contributed by atoms with Crippen molar-refractivity contribution in [2.75, 3.05) is 25.0 Å². The molecule has 2 heterocycles. The van der Waals surface area contributed by atoms with Crippen LogP contribution < -0.4 is 10.2 Å². The number of nitrogens with one attached hydrogen (secondary N) is 1. The van der Waals surface area contributed by atoms with Gasteiger partial charge in [-0.15, -0.1) is 0 Å². The predicted octanol–water partition coefficient (Wildman–Crippen LogP) is 2.55. The van der Waals surface area contributed by atoms with Gasteiger partial charge < -0.3 is 10.2 Å². The van der Waals surface area contributed by atoms with Crippen LogP contribution in [0.5, 0.6) is 0 Å². The molecule has 0 bridgehead atoms. The molecule has 0 radical (unpaired) electrons. The Labute approximate surface area is 133 Å². The molecule has 1 aliphatic rings. The number of amides is 3. The Bertz CT molecular complexity index is 684. The van der Waals surface area contributed by atoms with Crippen molar-refractivity contribution >= 4 is 29.0 Å². The normalized spacial score (nSPS) is 14.0. The summed E-state index contributed by atoms with van der Waals surface area (Å²) in [6, 6.07) is 9.12. The van der Waals surface area contributed by atoms with E-state index < -0.39 is 0 Å². The summed E-state index contributed by atoms with van der Waals surface area (Å²) in [4.78, 5) is 27.6. The van der Waals surface area contributed by atoms with Gasteiger partial charge in [-0.2, -0.15) is 11.3 Å². The average Bonchev–Trinajstić information content (AvgIpc) is 3.18. The standard InChI is InChI=1S/C16H17N3O2S/c1-18(10-12-5-8-22-11-12)15(20)13-3-2-4-14(9-13)19-7-6-17-16(19)21/h2-5,8-9,11H,6-7,10H2,1H3,(H,17,21). The van der Waals surface area contributed by atoms with Crippen LogP contribution in [0.15, 0.2) is 41.1 Å². The Morgan fingerprint density at radius 1 is 1.41 bits per heavy atom. The zero-order valence-corrected chi connectivity index (χ0v) is 13.1. The minimum Gasteiger partial charge on any atom is -0.337 e. The number of carbonyl (C=O) groups excluding carboxylic acids is 2. The van der Waals surface area contributed by atoms with Crippen molar-refractivity contribution < 1.29 is 9.59 Å². The molecule has 0 aliphatic carbocycles. The highest BCUT2D eigenvalue weighted by molar-refractivity contribution is 7.07. The van der Waals surface area contributed by atoms with Gasteiger partial charge in [-0.3, -0.25) is 9.69 Å². The molecular weight excluding hydrogens is 298 g/mol. The lowest BCUT2D eigenvalue weighted by Gasteiger charge is -2.19. The highest BCUT2D eigenvalue weighted by Crippen LogP contribution is 2.19. The fourth-order valence-corrected chi connectivity index (χ4v) is 3.13. The van der Waals surface area contributed by atoms with Crippen LogP contribution in [-0.4, -0.2) is 37.0 Å². The van der Waals surface area contributed by atoms with E-state index in [1.54, 1.807) is 40.3 Å². The topological polar surface area (TPSA) is 52.7 Å². The van der Waals surface area contributed by atoms with Crippen molar-refractivity contribution in [2.45, 2.75) is 6.54 Å². The minimum absolute atomic E-state index is 0.0485. The van der Waals surface area contributed by atoms with E-state index in [2.05, 4.69) is 5.32 Å². The maximum atomic E-state index is 12.5. The van der Waals surface area contributed by atoms with E-state index in [9.17, 15) is 9.59 Å². The highest BCUT2D eigenvalue weighted by atomic mass is 32.1. The summed E-state index contributed by atoms with van der Waals surface area (Å²) in [5.41, 5.74) is 2.47.